The molecule has 8 heteroatoms. The molecule has 1 rings (SSSR count). The highest BCUT2D eigenvalue weighted by Gasteiger charge is 2.23. The number of nitrogens with one attached hydrogen (secondary N) is 2. The van der Waals surface area contributed by atoms with Crippen molar-refractivity contribution in [3.63, 3.8) is 0 Å². The summed E-state index contributed by atoms with van der Waals surface area (Å²) in [5.74, 6) is -0.236. The summed E-state index contributed by atoms with van der Waals surface area (Å²) in [6.45, 7) is 3.39. The zero-order valence-electron chi connectivity index (χ0n) is 10.7. The van der Waals surface area contributed by atoms with Crippen LogP contribution < -0.4 is 15.2 Å². The van der Waals surface area contributed by atoms with Gasteiger partial charge >= 0.3 is 0 Å². The summed E-state index contributed by atoms with van der Waals surface area (Å²) in [6.07, 6.45) is 0. The van der Waals surface area contributed by atoms with Crippen LogP contribution in [0, 0.1) is 0 Å². The standard InChI is InChI=1S/C11H18N4O3S/c1-8(2)14-19(17,18)15-10(11(12)13-16)9-6-4-3-5-7-9/h3-8,10,14-16H,1-2H3,(H2,12,13). The maximum atomic E-state index is 11.8. The van der Waals surface area contributed by atoms with Gasteiger partial charge in [0.05, 0.1) is 0 Å². The molecule has 106 valence electrons. The van der Waals surface area contributed by atoms with Crippen molar-refractivity contribution in [1.29, 1.82) is 0 Å². The van der Waals surface area contributed by atoms with E-state index in [0.29, 0.717) is 5.56 Å². The molecule has 0 aliphatic heterocycles. The van der Waals surface area contributed by atoms with Crippen LogP contribution in [-0.4, -0.2) is 25.5 Å². The number of hydrogen-bond acceptors (Lipinski definition) is 4. The summed E-state index contributed by atoms with van der Waals surface area (Å²) in [5, 5.41) is 11.6. The van der Waals surface area contributed by atoms with Crippen molar-refractivity contribution in [2.24, 2.45) is 10.9 Å². The smallest absolute Gasteiger partial charge is 0.278 e. The number of rotatable bonds is 6. The van der Waals surface area contributed by atoms with E-state index in [1.807, 2.05) is 0 Å². The Morgan fingerprint density at radius 1 is 1.26 bits per heavy atom. The number of hydrogen-bond donors (Lipinski definition) is 4. The number of amidine groups is 1. The van der Waals surface area contributed by atoms with E-state index in [1.165, 1.54) is 0 Å². The maximum absolute atomic E-state index is 11.8. The van der Waals surface area contributed by atoms with Gasteiger partial charge in [-0.05, 0) is 19.4 Å². The summed E-state index contributed by atoms with van der Waals surface area (Å²) in [7, 11) is -3.76. The molecule has 0 aromatic heterocycles. The summed E-state index contributed by atoms with van der Waals surface area (Å²) in [6, 6.07) is 7.42. The third-order valence-electron chi connectivity index (χ3n) is 2.21. The molecule has 0 aliphatic rings. The monoisotopic (exact) mass is 286 g/mol. The summed E-state index contributed by atoms with van der Waals surface area (Å²) in [5.41, 5.74) is 6.11. The zero-order chi connectivity index (χ0) is 14.5. The lowest BCUT2D eigenvalue weighted by atomic mass is 10.1. The van der Waals surface area contributed by atoms with Gasteiger partial charge in [-0.3, -0.25) is 0 Å². The molecule has 1 unspecified atom stereocenters. The van der Waals surface area contributed by atoms with Gasteiger partial charge in [0.1, 0.15) is 6.04 Å². The van der Waals surface area contributed by atoms with Crippen LogP contribution in [0.5, 0.6) is 0 Å². The van der Waals surface area contributed by atoms with Crippen LogP contribution in [0.2, 0.25) is 0 Å². The second-order valence-electron chi connectivity index (χ2n) is 4.26. The molecule has 0 radical (unpaired) electrons. The molecule has 5 N–H and O–H groups in total. The summed E-state index contributed by atoms with van der Waals surface area (Å²) in [4.78, 5) is 0. The first-order valence-corrected chi connectivity index (χ1v) is 7.16. The molecular formula is C11H18N4O3S. The van der Waals surface area contributed by atoms with Crippen LogP contribution >= 0.6 is 0 Å². The van der Waals surface area contributed by atoms with E-state index in [9.17, 15) is 8.42 Å². The highest BCUT2D eigenvalue weighted by atomic mass is 32.2. The highest BCUT2D eigenvalue weighted by molar-refractivity contribution is 7.87. The maximum Gasteiger partial charge on any atom is 0.278 e. The van der Waals surface area contributed by atoms with Gasteiger partial charge in [0.25, 0.3) is 10.2 Å². The highest BCUT2D eigenvalue weighted by Crippen LogP contribution is 2.13. The second kappa shape index (κ2) is 6.50. The Hall–Kier alpha value is -1.64. The van der Waals surface area contributed by atoms with Gasteiger partial charge in [-0.15, -0.1) is 0 Å². The van der Waals surface area contributed by atoms with Crippen LogP contribution in [0.1, 0.15) is 25.5 Å². The first-order valence-electron chi connectivity index (χ1n) is 5.67. The zero-order valence-corrected chi connectivity index (χ0v) is 11.6. The van der Waals surface area contributed by atoms with E-state index in [4.69, 9.17) is 10.9 Å². The Morgan fingerprint density at radius 3 is 2.32 bits per heavy atom. The van der Waals surface area contributed by atoms with Crippen molar-refractivity contribution in [3.8, 4) is 0 Å². The molecule has 0 bridgehead atoms. The lowest BCUT2D eigenvalue weighted by Gasteiger charge is -2.19. The third-order valence-corrected chi connectivity index (χ3v) is 3.54. The largest absolute Gasteiger partial charge is 0.409 e. The SMILES string of the molecule is CC(C)NS(=O)(=O)NC(/C(N)=N/O)c1ccccc1. The fourth-order valence-electron chi connectivity index (χ4n) is 1.50. The number of nitrogens with zero attached hydrogens (tertiary/aromatic N) is 1. The average molecular weight is 286 g/mol. The van der Waals surface area contributed by atoms with E-state index in [2.05, 4.69) is 14.6 Å². The first-order chi connectivity index (χ1) is 8.85. The van der Waals surface area contributed by atoms with Gasteiger partial charge < -0.3 is 10.9 Å². The van der Waals surface area contributed by atoms with Crippen LogP contribution in [0.15, 0.2) is 35.5 Å². The molecule has 1 aromatic rings. The van der Waals surface area contributed by atoms with Gasteiger partial charge in [-0.2, -0.15) is 17.9 Å². The van der Waals surface area contributed by atoms with E-state index < -0.39 is 16.3 Å². The van der Waals surface area contributed by atoms with Gasteiger partial charge in [0, 0.05) is 6.04 Å². The normalized spacial score (nSPS) is 14.6. The van der Waals surface area contributed by atoms with Gasteiger partial charge in [0.2, 0.25) is 0 Å². The van der Waals surface area contributed by atoms with E-state index >= 15 is 0 Å². The van der Waals surface area contributed by atoms with E-state index in [1.54, 1.807) is 44.2 Å². The van der Waals surface area contributed by atoms with Crippen molar-refractivity contribution in [2.75, 3.05) is 0 Å². The molecular weight excluding hydrogens is 268 g/mol. The Kier molecular flexibility index (Phi) is 5.28. The van der Waals surface area contributed by atoms with E-state index in [0.717, 1.165) is 0 Å². The Bertz CT molecular complexity index is 528. The molecule has 0 heterocycles. The van der Waals surface area contributed by atoms with Crippen molar-refractivity contribution in [2.45, 2.75) is 25.9 Å². The lowest BCUT2D eigenvalue weighted by molar-refractivity contribution is 0.315. The minimum absolute atomic E-state index is 0.236. The number of oxime groups is 1. The molecule has 0 fully saturated rings. The summed E-state index contributed by atoms with van der Waals surface area (Å²) < 4.78 is 28.4. The fourth-order valence-corrected chi connectivity index (χ4v) is 2.76. The molecule has 1 aromatic carbocycles. The Balaban J connectivity index is 3.01. The van der Waals surface area contributed by atoms with Crippen LogP contribution in [0.3, 0.4) is 0 Å². The topological polar surface area (TPSA) is 117 Å². The van der Waals surface area contributed by atoms with Gasteiger partial charge in [-0.25, -0.2) is 0 Å². The summed E-state index contributed by atoms with van der Waals surface area (Å²) >= 11 is 0. The van der Waals surface area contributed by atoms with Crippen molar-refractivity contribution in [3.05, 3.63) is 35.9 Å². The van der Waals surface area contributed by atoms with Crippen molar-refractivity contribution in [1.82, 2.24) is 9.44 Å². The molecule has 0 saturated heterocycles. The van der Waals surface area contributed by atoms with Gasteiger partial charge in [-0.1, -0.05) is 35.5 Å². The van der Waals surface area contributed by atoms with Crippen LogP contribution in [0.4, 0.5) is 0 Å². The number of nitrogens with two attached hydrogens (primary N) is 1. The third kappa shape index (κ3) is 4.86. The molecule has 0 saturated carbocycles. The lowest BCUT2D eigenvalue weighted by Crippen LogP contribution is -2.45. The fraction of sp³-hybridized carbons (Fsp3) is 0.364. The van der Waals surface area contributed by atoms with Crippen LogP contribution in [0.25, 0.3) is 0 Å². The molecule has 19 heavy (non-hydrogen) atoms. The van der Waals surface area contributed by atoms with Crippen molar-refractivity contribution >= 4 is 16.0 Å². The Labute approximate surface area is 112 Å². The molecule has 0 amide bonds. The number of benzene rings is 1. The molecule has 0 aliphatic carbocycles. The predicted molar refractivity (Wildman–Crippen MR) is 72.9 cm³/mol. The minimum atomic E-state index is -3.76. The average Bonchev–Trinajstić information content (AvgIpc) is 2.34. The molecule has 1 atom stereocenters. The van der Waals surface area contributed by atoms with Gasteiger partial charge in [0.15, 0.2) is 5.84 Å². The minimum Gasteiger partial charge on any atom is -0.409 e. The van der Waals surface area contributed by atoms with E-state index in [-0.39, 0.29) is 11.9 Å². The molecule has 7 nitrogen and oxygen atoms in total. The van der Waals surface area contributed by atoms with Crippen LogP contribution in [-0.2, 0) is 10.2 Å². The second-order valence-corrected chi connectivity index (χ2v) is 5.74. The quantitative estimate of drug-likeness (QED) is 0.260. The molecule has 0 spiro atoms. The predicted octanol–water partition coefficient (Wildman–Crippen LogP) is 0.307. The first kappa shape index (κ1) is 15.4. The Morgan fingerprint density at radius 2 is 1.84 bits per heavy atom. The van der Waals surface area contributed by atoms with Crippen molar-refractivity contribution < 1.29 is 13.6 Å².